The third-order valence-corrected chi connectivity index (χ3v) is 7.00. The molecule has 0 aliphatic heterocycles. The largest absolute Gasteiger partial charge is 0.497 e. The number of benzene rings is 3. The molecule has 0 aliphatic rings. The zero-order chi connectivity index (χ0) is 25.3. The topological polar surface area (TPSA) is 83.5 Å². The number of hydrogen-bond donors (Lipinski definition) is 0. The van der Waals surface area contributed by atoms with E-state index in [1.165, 1.54) is 23.4 Å². The molecule has 0 saturated heterocycles. The minimum atomic E-state index is -1.83. The van der Waals surface area contributed by atoms with E-state index in [9.17, 15) is 9.36 Å². The smallest absolute Gasteiger partial charge is 0.373 e. The van der Waals surface area contributed by atoms with Crippen molar-refractivity contribution in [3.05, 3.63) is 78.4 Å². The van der Waals surface area contributed by atoms with Crippen LogP contribution in [-0.4, -0.2) is 43.8 Å². The highest BCUT2D eigenvalue weighted by Gasteiger charge is 2.44. The molecule has 3 rings (SSSR count). The second kappa shape index (κ2) is 12.5. The molecule has 3 aromatic carbocycles. The summed E-state index contributed by atoms with van der Waals surface area (Å²) in [6.45, 7) is 1.73. The molecule has 8 nitrogen and oxygen atoms in total. The zero-order valence-electron chi connectivity index (χ0n) is 19.9. The molecule has 0 aromatic heterocycles. The number of hydrogen-bond acceptors (Lipinski definition) is 9. The monoisotopic (exact) mass is 517 g/mol. The van der Waals surface area contributed by atoms with Crippen molar-refractivity contribution in [3.8, 4) is 23.0 Å². The molecule has 0 amide bonds. The van der Waals surface area contributed by atoms with Crippen molar-refractivity contribution < 1.29 is 33.0 Å². The molecule has 0 aliphatic carbocycles. The summed E-state index contributed by atoms with van der Waals surface area (Å²) in [6, 6.07) is 21.2. The summed E-state index contributed by atoms with van der Waals surface area (Å²) in [4.78, 5) is 13.2. The molecule has 1 atom stereocenters. The van der Waals surface area contributed by atoms with Crippen LogP contribution in [0.5, 0.6) is 23.0 Å². The van der Waals surface area contributed by atoms with Crippen LogP contribution >= 0.6 is 20.4 Å². The van der Waals surface area contributed by atoms with Crippen molar-refractivity contribution in [3.63, 3.8) is 0 Å². The van der Waals surface area contributed by atoms with Gasteiger partial charge in [-0.15, -0.1) is 0 Å². The molecule has 0 radical (unpaired) electrons. The molecule has 0 bridgehead atoms. The lowest BCUT2D eigenvalue weighted by Crippen LogP contribution is -2.52. The van der Waals surface area contributed by atoms with Crippen LogP contribution in [0.2, 0.25) is 0 Å². The second-order valence-electron chi connectivity index (χ2n) is 7.32. The SMILES string of the molecule is COC(=O)CN(Sc1ccc(C)cc1)C(Oc1ccc(OC)cc1)(Oc1ccc(OC)cc1)[PH2]=O. The Balaban J connectivity index is 2.05. The third kappa shape index (κ3) is 7.18. The molecule has 0 spiro atoms. The Bertz CT molecular complexity index is 1060. The number of esters is 1. The average Bonchev–Trinajstić information content (AvgIpc) is 2.89. The van der Waals surface area contributed by atoms with Gasteiger partial charge in [0.25, 0.3) is 0 Å². The number of carbonyl (C=O) groups excluding carboxylic acids is 1. The summed E-state index contributed by atoms with van der Waals surface area (Å²) >= 11 is 1.18. The Labute approximate surface area is 210 Å². The first-order valence-electron chi connectivity index (χ1n) is 10.6. The van der Waals surface area contributed by atoms with E-state index in [-0.39, 0.29) is 6.54 Å². The first kappa shape index (κ1) is 26.5. The molecule has 1 unspecified atom stereocenters. The van der Waals surface area contributed by atoms with Gasteiger partial charge in [0.1, 0.15) is 29.5 Å². The zero-order valence-corrected chi connectivity index (χ0v) is 21.9. The molecule has 3 aromatic rings. The summed E-state index contributed by atoms with van der Waals surface area (Å²) in [5.74, 6) is 1.48. The maximum Gasteiger partial charge on any atom is 0.373 e. The van der Waals surface area contributed by atoms with E-state index < -0.39 is 20.1 Å². The predicted molar refractivity (Wildman–Crippen MR) is 136 cm³/mol. The van der Waals surface area contributed by atoms with Gasteiger partial charge in [0.15, 0.2) is 8.46 Å². The molecule has 0 N–H and O–H groups in total. The summed E-state index contributed by atoms with van der Waals surface area (Å²) in [5.41, 5.74) is -0.744. The molecule has 0 heterocycles. The fourth-order valence-corrected chi connectivity index (χ4v) is 4.72. The highest BCUT2D eigenvalue weighted by molar-refractivity contribution is 7.97. The van der Waals surface area contributed by atoms with Crippen LogP contribution in [0.3, 0.4) is 0 Å². The number of nitrogens with zero attached hydrogens (tertiary/aromatic N) is 1. The summed E-state index contributed by atoms with van der Waals surface area (Å²) in [7, 11) is 2.64. The average molecular weight is 518 g/mol. The van der Waals surface area contributed by atoms with E-state index in [1.807, 2.05) is 31.2 Å². The number of methoxy groups -OCH3 is 3. The number of carbonyl (C=O) groups is 1. The van der Waals surface area contributed by atoms with E-state index >= 15 is 0 Å². The molecular formula is C25H28NO7PS. The highest BCUT2D eigenvalue weighted by atomic mass is 32.2. The van der Waals surface area contributed by atoms with Crippen LogP contribution in [0.4, 0.5) is 0 Å². The van der Waals surface area contributed by atoms with Gasteiger partial charge in [-0.25, -0.2) is 0 Å². The lowest BCUT2D eigenvalue weighted by Gasteiger charge is -2.38. The summed E-state index contributed by atoms with van der Waals surface area (Å²) in [5, 5.41) is 0. The van der Waals surface area contributed by atoms with E-state index in [1.54, 1.807) is 62.8 Å². The minimum Gasteiger partial charge on any atom is -0.497 e. The van der Waals surface area contributed by atoms with Crippen molar-refractivity contribution in [1.29, 1.82) is 0 Å². The molecule has 0 saturated carbocycles. The van der Waals surface area contributed by atoms with E-state index in [0.717, 1.165) is 10.5 Å². The van der Waals surface area contributed by atoms with Crippen molar-refractivity contribution in [2.75, 3.05) is 27.9 Å². The summed E-state index contributed by atoms with van der Waals surface area (Å²) in [6.07, 6.45) is 0. The Kier molecular flexibility index (Phi) is 9.48. The van der Waals surface area contributed by atoms with Crippen LogP contribution in [-0.2, 0) is 14.1 Å². The molecule has 186 valence electrons. The quantitative estimate of drug-likeness (QED) is 0.142. The third-order valence-electron chi connectivity index (χ3n) is 4.88. The van der Waals surface area contributed by atoms with Crippen LogP contribution < -0.4 is 18.9 Å². The normalized spacial score (nSPS) is 11.5. The number of aryl methyl sites for hydroxylation is 1. The Hall–Kier alpha value is -3.13. The predicted octanol–water partition coefficient (Wildman–Crippen LogP) is 5.02. The molecule has 10 heteroatoms. The number of ether oxygens (including phenoxy) is 5. The van der Waals surface area contributed by atoms with Gasteiger partial charge in [0.2, 0.25) is 0 Å². The fraction of sp³-hybridized carbons (Fsp3) is 0.240. The standard InChI is InChI=1S/C25H28NO7PS/c1-18-5-15-23(16-6-18)35-26(17-24(27)31-4)25(34-28,32-21-11-7-19(29-2)8-12-21)33-22-13-9-20(30-3)10-14-22/h5-16H,17,34H2,1-4H3. The van der Waals surface area contributed by atoms with Crippen molar-refractivity contribution in [2.24, 2.45) is 0 Å². The minimum absolute atomic E-state index is 0.253. The van der Waals surface area contributed by atoms with Crippen LogP contribution in [0, 0.1) is 6.92 Å². The van der Waals surface area contributed by atoms with Crippen molar-refractivity contribution in [1.82, 2.24) is 4.31 Å². The fourth-order valence-electron chi connectivity index (χ4n) is 2.97. The first-order chi connectivity index (χ1) is 16.9. The molecule has 0 fully saturated rings. The van der Waals surface area contributed by atoms with Gasteiger partial charge in [-0.3, -0.25) is 4.79 Å². The van der Waals surface area contributed by atoms with E-state index in [4.69, 9.17) is 23.7 Å². The first-order valence-corrected chi connectivity index (χ1v) is 12.4. The van der Waals surface area contributed by atoms with E-state index in [2.05, 4.69) is 0 Å². The highest BCUT2D eigenvalue weighted by Crippen LogP contribution is 2.41. The summed E-state index contributed by atoms with van der Waals surface area (Å²) < 4.78 is 42.2. The van der Waals surface area contributed by atoms with Crippen LogP contribution in [0.15, 0.2) is 77.7 Å². The maximum atomic E-state index is 12.9. The Morgan fingerprint density at radius 1 is 0.800 bits per heavy atom. The maximum absolute atomic E-state index is 12.9. The molecular weight excluding hydrogens is 489 g/mol. The van der Waals surface area contributed by atoms with Crippen molar-refractivity contribution >= 4 is 26.4 Å². The van der Waals surface area contributed by atoms with Crippen LogP contribution in [0.1, 0.15) is 5.56 Å². The van der Waals surface area contributed by atoms with E-state index in [0.29, 0.717) is 23.0 Å². The Morgan fingerprint density at radius 3 is 1.66 bits per heavy atom. The van der Waals surface area contributed by atoms with Crippen LogP contribution in [0.25, 0.3) is 0 Å². The molecule has 35 heavy (non-hydrogen) atoms. The van der Waals surface area contributed by atoms with Crippen molar-refractivity contribution in [2.45, 2.75) is 17.5 Å². The van der Waals surface area contributed by atoms with Gasteiger partial charge >= 0.3 is 11.6 Å². The number of rotatable bonds is 12. The second-order valence-corrected chi connectivity index (χ2v) is 9.38. The van der Waals surface area contributed by atoms with Gasteiger partial charge in [-0.1, -0.05) is 17.7 Å². The lowest BCUT2D eigenvalue weighted by atomic mass is 10.2. The Morgan fingerprint density at radius 2 is 1.26 bits per heavy atom. The van der Waals surface area contributed by atoms with Gasteiger partial charge in [-0.2, -0.15) is 4.31 Å². The lowest BCUT2D eigenvalue weighted by molar-refractivity contribution is -0.151. The van der Waals surface area contributed by atoms with Gasteiger partial charge < -0.3 is 28.2 Å². The van der Waals surface area contributed by atoms with Gasteiger partial charge in [-0.05, 0) is 79.5 Å². The van der Waals surface area contributed by atoms with Gasteiger partial charge in [0, 0.05) is 4.90 Å². The van der Waals surface area contributed by atoms with Gasteiger partial charge in [0.05, 0.1) is 21.3 Å².